The van der Waals surface area contributed by atoms with E-state index in [0.29, 0.717) is 6.20 Å². The second-order valence-electron chi connectivity index (χ2n) is 3.24. The molecular weight excluding hydrogens is 261 g/mol. The average Bonchev–Trinajstić information content (AvgIpc) is 2.60. The van der Waals surface area contributed by atoms with E-state index in [1.165, 1.54) is 4.90 Å². The van der Waals surface area contributed by atoms with Crippen LogP contribution in [0.2, 0.25) is 0 Å². The molecule has 96 valence electrons. The summed E-state index contributed by atoms with van der Waals surface area (Å²) >= 11 is 0. The van der Waals surface area contributed by atoms with Crippen LogP contribution in [0.3, 0.4) is 0 Å². The second-order valence-corrected chi connectivity index (χ2v) is 5.15. The van der Waals surface area contributed by atoms with E-state index < -0.39 is 26.1 Å². The molecule has 0 bridgehead atoms. The summed E-state index contributed by atoms with van der Waals surface area (Å²) in [6.07, 6.45) is 1.73. The molecule has 1 aromatic heterocycles. The molecular formula is C7H9F3N4O2S. The number of rotatable bonds is 3. The van der Waals surface area contributed by atoms with Gasteiger partial charge in [0.05, 0.1) is 12.5 Å². The third-order valence-corrected chi connectivity index (χ3v) is 3.08. The van der Waals surface area contributed by atoms with E-state index in [1.54, 1.807) is 14.1 Å². The number of sulfone groups is 1. The van der Waals surface area contributed by atoms with Gasteiger partial charge in [0, 0.05) is 14.1 Å². The van der Waals surface area contributed by atoms with Gasteiger partial charge >= 0.3 is 5.51 Å². The maximum atomic E-state index is 12.3. The maximum absolute atomic E-state index is 12.3. The zero-order valence-corrected chi connectivity index (χ0v) is 9.67. The van der Waals surface area contributed by atoms with Gasteiger partial charge in [-0.1, -0.05) is 0 Å². The van der Waals surface area contributed by atoms with Crippen molar-refractivity contribution < 1.29 is 21.6 Å². The lowest BCUT2D eigenvalue weighted by Gasteiger charge is -2.06. The Hall–Kier alpha value is -1.58. The van der Waals surface area contributed by atoms with Crippen LogP contribution in [-0.2, 0) is 9.84 Å². The second kappa shape index (κ2) is 4.35. The molecule has 10 heteroatoms. The molecule has 0 unspecified atom stereocenters. The van der Waals surface area contributed by atoms with Crippen LogP contribution >= 0.6 is 0 Å². The largest absolute Gasteiger partial charge is 0.502 e. The smallest absolute Gasteiger partial charge is 0.369 e. The minimum atomic E-state index is -5.44. The molecule has 1 heterocycles. The summed E-state index contributed by atoms with van der Waals surface area (Å²) in [5.41, 5.74) is -5.38. The summed E-state index contributed by atoms with van der Waals surface area (Å²) in [6, 6.07) is 0. The minimum Gasteiger partial charge on any atom is -0.369 e. The van der Waals surface area contributed by atoms with E-state index in [9.17, 15) is 21.6 Å². The van der Waals surface area contributed by atoms with Crippen molar-refractivity contribution in [2.45, 2.75) is 10.4 Å². The lowest BCUT2D eigenvalue weighted by atomic mass is 10.6. The molecule has 1 rings (SSSR count). The van der Waals surface area contributed by atoms with Crippen molar-refractivity contribution in [3.8, 4) is 0 Å². The average molecular weight is 270 g/mol. The fourth-order valence-corrected chi connectivity index (χ4v) is 1.65. The maximum Gasteiger partial charge on any atom is 0.502 e. The van der Waals surface area contributed by atoms with Gasteiger partial charge in [0.15, 0.2) is 5.82 Å². The van der Waals surface area contributed by atoms with E-state index in [1.807, 2.05) is 0 Å². The van der Waals surface area contributed by atoms with E-state index in [0.717, 1.165) is 6.34 Å². The number of alkyl halides is 3. The number of hydrogen-bond donors (Lipinski definition) is 1. The summed E-state index contributed by atoms with van der Waals surface area (Å²) in [5, 5.41) is 5.33. The topological polar surface area (TPSA) is 78.4 Å². The first-order valence-corrected chi connectivity index (χ1v) is 5.70. The zero-order chi connectivity index (χ0) is 13.3. The summed E-state index contributed by atoms with van der Waals surface area (Å²) in [4.78, 5) is 3.99. The minimum absolute atomic E-state index is 0.462. The molecule has 6 nitrogen and oxygen atoms in total. The molecule has 0 spiro atoms. The van der Waals surface area contributed by atoms with Crippen molar-refractivity contribution in [1.82, 2.24) is 15.1 Å². The van der Waals surface area contributed by atoms with Crippen LogP contribution in [0.1, 0.15) is 0 Å². The van der Waals surface area contributed by atoms with Gasteiger partial charge in [-0.25, -0.2) is 13.4 Å². The van der Waals surface area contributed by atoms with E-state index in [2.05, 4.69) is 15.2 Å². The Morgan fingerprint density at radius 2 is 2.06 bits per heavy atom. The summed E-state index contributed by atoms with van der Waals surface area (Å²) in [5.74, 6) is -0.462. The van der Waals surface area contributed by atoms with Crippen LogP contribution in [0, 0.1) is 0 Å². The molecule has 0 atom stereocenters. The fraction of sp³-hybridized carbons (Fsp3) is 0.429. The van der Waals surface area contributed by atoms with Crippen molar-refractivity contribution in [2.24, 2.45) is 4.99 Å². The molecule has 0 aliphatic heterocycles. The molecule has 0 aromatic carbocycles. The Balaban J connectivity index is 3.23. The molecule has 0 saturated carbocycles. The number of H-pyrrole nitrogens is 1. The van der Waals surface area contributed by atoms with Gasteiger partial charge in [0.25, 0.3) is 9.84 Å². The van der Waals surface area contributed by atoms with Crippen molar-refractivity contribution in [3.63, 3.8) is 0 Å². The Morgan fingerprint density at radius 3 is 2.53 bits per heavy atom. The predicted molar refractivity (Wildman–Crippen MR) is 53.7 cm³/mol. The predicted octanol–water partition coefficient (Wildman–Crippen LogP) is 0.925. The zero-order valence-electron chi connectivity index (χ0n) is 8.85. The lowest BCUT2D eigenvalue weighted by molar-refractivity contribution is -0.0435. The monoisotopic (exact) mass is 270 g/mol. The van der Waals surface area contributed by atoms with Crippen molar-refractivity contribution >= 4 is 22.0 Å². The number of nitrogens with zero attached hydrogens (tertiary/aromatic N) is 3. The summed E-state index contributed by atoms with van der Waals surface area (Å²) in [6.45, 7) is 0. The van der Waals surface area contributed by atoms with Gasteiger partial charge < -0.3 is 4.90 Å². The van der Waals surface area contributed by atoms with E-state index in [4.69, 9.17) is 0 Å². The summed E-state index contributed by atoms with van der Waals surface area (Å²) < 4.78 is 59.1. The molecule has 17 heavy (non-hydrogen) atoms. The van der Waals surface area contributed by atoms with E-state index in [-0.39, 0.29) is 0 Å². The molecule has 0 aliphatic rings. The van der Waals surface area contributed by atoms with Gasteiger partial charge in [-0.2, -0.15) is 18.3 Å². The van der Waals surface area contributed by atoms with E-state index >= 15 is 0 Å². The Labute approximate surface area is 95.1 Å². The highest BCUT2D eigenvalue weighted by Gasteiger charge is 2.48. The van der Waals surface area contributed by atoms with Crippen molar-refractivity contribution in [1.29, 1.82) is 0 Å². The number of aromatic amines is 1. The third kappa shape index (κ3) is 2.75. The number of nitrogens with one attached hydrogen (secondary N) is 1. The molecule has 0 aliphatic carbocycles. The standard InChI is InChI=1S/C7H9F3N4O2S/c1-14(2)4-11-6-5(3-12-13-6)17(15,16)7(8,9)10/h3-4H,1-2H3,(H,12,13). The van der Waals surface area contributed by atoms with Crippen LogP contribution in [0.5, 0.6) is 0 Å². The van der Waals surface area contributed by atoms with Gasteiger partial charge in [-0.05, 0) is 0 Å². The molecule has 0 amide bonds. The fourth-order valence-electron chi connectivity index (χ4n) is 0.855. The number of aliphatic imine (C=N–C) groups is 1. The highest BCUT2D eigenvalue weighted by Crippen LogP contribution is 2.34. The first-order valence-electron chi connectivity index (χ1n) is 4.21. The molecule has 0 radical (unpaired) electrons. The van der Waals surface area contributed by atoms with Gasteiger partial charge in [0.1, 0.15) is 4.90 Å². The molecule has 0 saturated heterocycles. The number of aromatic nitrogens is 2. The van der Waals surface area contributed by atoms with Crippen molar-refractivity contribution in [2.75, 3.05) is 14.1 Å². The van der Waals surface area contributed by atoms with Crippen molar-refractivity contribution in [3.05, 3.63) is 6.20 Å². The SMILES string of the molecule is CN(C)C=Nc1[nH]ncc1S(=O)(=O)C(F)(F)F. The number of halogens is 3. The third-order valence-electron chi connectivity index (χ3n) is 1.60. The van der Waals surface area contributed by atoms with Gasteiger partial charge in [-0.15, -0.1) is 0 Å². The Morgan fingerprint density at radius 1 is 1.47 bits per heavy atom. The van der Waals surface area contributed by atoms with Crippen LogP contribution in [0.15, 0.2) is 16.1 Å². The van der Waals surface area contributed by atoms with Crippen LogP contribution < -0.4 is 0 Å². The Bertz CT molecular complexity index is 517. The van der Waals surface area contributed by atoms with Crippen LogP contribution in [-0.4, -0.2) is 49.5 Å². The molecule has 1 aromatic rings. The molecule has 0 fully saturated rings. The lowest BCUT2D eigenvalue weighted by Crippen LogP contribution is -2.23. The Kier molecular flexibility index (Phi) is 3.45. The van der Waals surface area contributed by atoms with Gasteiger partial charge in [-0.3, -0.25) is 5.10 Å². The van der Waals surface area contributed by atoms with Crippen LogP contribution in [0.25, 0.3) is 0 Å². The normalized spacial score (nSPS) is 13.2. The number of hydrogen-bond acceptors (Lipinski definition) is 4. The summed E-state index contributed by atoms with van der Waals surface area (Å²) in [7, 11) is -2.28. The van der Waals surface area contributed by atoms with Crippen LogP contribution in [0.4, 0.5) is 19.0 Å². The highest BCUT2D eigenvalue weighted by molar-refractivity contribution is 7.92. The quantitative estimate of drug-likeness (QED) is 0.654. The van der Waals surface area contributed by atoms with Gasteiger partial charge in [0.2, 0.25) is 0 Å². The molecule has 1 N–H and O–H groups in total. The first kappa shape index (κ1) is 13.5. The first-order chi connectivity index (χ1) is 7.66. The highest BCUT2D eigenvalue weighted by atomic mass is 32.2.